The third-order valence-electron chi connectivity index (χ3n) is 6.83. The molecule has 2 aliphatic rings. The molecule has 0 unspecified atom stereocenters. The van der Waals surface area contributed by atoms with Crippen LogP contribution in [-0.4, -0.2) is 22.9 Å². The van der Waals surface area contributed by atoms with E-state index >= 15 is 0 Å². The maximum atomic E-state index is 13.1. The van der Waals surface area contributed by atoms with E-state index in [0.29, 0.717) is 33.1 Å². The molecule has 35 heavy (non-hydrogen) atoms. The van der Waals surface area contributed by atoms with E-state index in [4.69, 9.17) is 16.3 Å². The highest BCUT2D eigenvalue weighted by molar-refractivity contribution is 6.32. The Labute approximate surface area is 206 Å². The summed E-state index contributed by atoms with van der Waals surface area (Å²) in [5.74, 6) is -0.650. The summed E-state index contributed by atoms with van der Waals surface area (Å²) >= 11 is 6.52. The van der Waals surface area contributed by atoms with Gasteiger partial charge in [0, 0.05) is 27.8 Å². The molecule has 4 atom stereocenters. The number of carbonyl (C=O) groups excluding carboxylic acids is 1. The topological polar surface area (TPSA) is 117 Å². The molecule has 0 aromatic heterocycles. The lowest BCUT2D eigenvalue weighted by Gasteiger charge is -2.25. The van der Waals surface area contributed by atoms with Crippen molar-refractivity contribution in [2.24, 2.45) is 0 Å². The van der Waals surface area contributed by atoms with Crippen molar-refractivity contribution in [2.45, 2.75) is 37.1 Å². The molecule has 1 spiro atoms. The number of para-hydroxylation sites is 1. The van der Waals surface area contributed by atoms with Crippen molar-refractivity contribution >= 4 is 23.2 Å². The van der Waals surface area contributed by atoms with Gasteiger partial charge in [-0.3, -0.25) is 20.2 Å². The summed E-state index contributed by atoms with van der Waals surface area (Å²) in [4.78, 5) is 25.2. The van der Waals surface area contributed by atoms with Crippen LogP contribution in [0.25, 0.3) is 0 Å². The number of hydrogen-bond acceptors (Lipinski definition) is 6. The van der Waals surface area contributed by atoms with Crippen LogP contribution in [0.15, 0.2) is 66.7 Å². The van der Waals surface area contributed by atoms with Gasteiger partial charge in [-0.2, -0.15) is 5.26 Å². The number of nitriles is 1. The molecule has 3 aromatic carbocycles. The molecule has 9 heteroatoms. The largest absolute Gasteiger partial charge is 0.487 e. The molecular weight excluding hydrogens is 468 g/mol. The van der Waals surface area contributed by atoms with Crippen molar-refractivity contribution in [2.75, 3.05) is 5.32 Å². The van der Waals surface area contributed by atoms with E-state index in [-0.39, 0.29) is 17.6 Å². The van der Waals surface area contributed by atoms with Crippen LogP contribution in [0, 0.1) is 21.4 Å². The number of nitro groups is 1. The molecule has 2 aliphatic heterocycles. The van der Waals surface area contributed by atoms with E-state index in [1.54, 1.807) is 60.7 Å². The first-order chi connectivity index (χ1) is 16.9. The molecule has 0 bridgehead atoms. The summed E-state index contributed by atoms with van der Waals surface area (Å²) in [7, 11) is 0. The fourth-order valence-corrected chi connectivity index (χ4v) is 5.55. The van der Waals surface area contributed by atoms with Crippen molar-refractivity contribution < 1.29 is 14.5 Å². The van der Waals surface area contributed by atoms with Crippen molar-refractivity contribution in [1.82, 2.24) is 5.32 Å². The lowest BCUT2D eigenvalue weighted by atomic mass is 9.78. The highest BCUT2D eigenvalue weighted by atomic mass is 35.5. The number of ether oxygens (including phenoxy) is 1. The Kier molecular flexibility index (Phi) is 5.67. The number of nitrogens with one attached hydrogen (secondary N) is 2. The average Bonchev–Trinajstić information content (AvgIpc) is 3.32. The van der Waals surface area contributed by atoms with Crippen molar-refractivity contribution in [3.05, 3.63) is 104 Å². The van der Waals surface area contributed by atoms with E-state index in [9.17, 15) is 20.2 Å². The summed E-state index contributed by atoms with van der Waals surface area (Å²) in [6.45, 7) is 1.99. The number of rotatable bonds is 5. The van der Waals surface area contributed by atoms with Gasteiger partial charge in [-0.1, -0.05) is 54.1 Å². The second-order valence-corrected chi connectivity index (χ2v) is 9.15. The van der Waals surface area contributed by atoms with Crippen molar-refractivity contribution in [3.63, 3.8) is 0 Å². The zero-order valence-corrected chi connectivity index (χ0v) is 19.5. The van der Waals surface area contributed by atoms with Crippen LogP contribution in [0.2, 0.25) is 5.02 Å². The lowest BCUT2D eigenvalue weighted by molar-refractivity contribution is -0.532. The maximum absolute atomic E-state index is 13.1. The van der Waals surface area contributed by atoms with Gasteiger partial charge in [0.25, 0.3) is 11.9 Å². The number of fused-ring (bicyclic) bond motifs is 2. The molecule has 1 saturated heterocycles. The maximum Gasteiger partial charge on any atom is 0.256 e. The molecule has 0 saturated carbocycles. The van der Waals surface area contributed by atoms with Crippen LogP contribution >= 0.6 is 11.6 Å². The Morgan fingerprint density at radius 3 is 2.66 bits per heavy atom. The number of carbonyl (C=O) groups is 1. The number of hydrogen-bond donors (Lipinski definition) is 2. The smallest absolute Gasteiger partial charge is 0.256 e. The van der Waals surface area contributed by atoms with Gasteiger partial charge in [0.05, 0.1) is 22.6 Å². The van der Waals surface area contributed by atoms with Crippen LogP contribution in [0.5, 0.6) is 5.75 Å². The van der Waals surface area contributed by atoms with E-state index in [0.717, 1.165) is 5.56 Å². The first-order valence-electron chi connectivity index (χ1n) is 11.1. The van der Waals surface area contributed by atoms with Gasteiger partial charge in [-0.15, -0.1) is 0 Å². The number of benzene rings is 3. The normalized spacial score (nSPS) is 24.6. The van der Waals surface area contributed by atoms with E-state index in [1.807, 2.05) is 13.0 Å². The van der Waals surface area contributed by atoms with Gasteiger partial charge in [-0.25, -0.2) is 0 Å². The molecule has 176 valence electrons. The first-order valence-corrected chi connectivity index (χ1v) is 11.5. The van der Waals surface area contributed by atoms with Gasteiger partial charge >= 0.3 is 0 Å². The van der Waals surface area contributed by atoms with Crippen LogP contribution in [0.1, 0.15) is 35.1 Å². The monoisotopic (exact) mass is 488 g/mol. The van der Waals surface area contributed by atoms with Gasteiger partial charge < -0.3 is 10.1 Å². The lowest BCUT2D eigenvalue weighted by Crippen LogP contribution is -2.54. The Morgan fingerprint density at radius 1 is 1.17 bits per heavy atom. The van der Waals surface area contributed by atoms with Gasteiger partial charge in [-0.05, 0) is 36.8 Å². The number of halogens is 1. The van der Waals surface area contributed by atoms with Gasteiger partial charge in [0.2, 0.25) is 0 Å². The summed E-state index contributed by atoms with van der Waals surface area (Å²) < 4.78 is 5.84. The number of amides is 1. The third kappa shape index (κ3) is 3.60. The zero-order chi connectivity index (χ0) is 24.7. The van der Waals surface area contributed by atoms with Crippen LogP contribution in [0.4, 0.5) is 5.69 Å². The standard InChI is InChI=1S/C26H21ClN4O4/c1-15-23(24(31(33)34)26(30-15)19-8-4-5-9-21(19)29-25(26)32)16-10-11-22(20(27)12-16)35-14-18-7-3-2-6-17(18)13-28/h2-12,15,23-24,30H,14H2,1H3,(H,29,32)/t15-,23+,24+,26-/m0/s1. The molecule has 8 nitrogen and oxygen atoms in total. The minimum Gasteiger partial charge on any atom is -0.487 e. The Morgan fingerprint density at radius 2 is 1.91 bits per heavy atom. The van der Waals surface area contributed by atoms with Crippen LogP contribution in [0.3, 0.4) is 0 Å². The highest BCUT2D eigenvalue weighted by Gasteiger charge is 2.67. The second-order valence-electron chi connectivity index (χ2n) is 8.74. The summed E-state index contributed by atoms with van der Waals surface area (Å²) in [6.07, 6.45) is 0. The second kappa shape index (κ2) is 8.69. The van der Waals surface area contributed by atoms with Crippen molar-refractivity contribution in [3.8, 4) is 11.8 Å². The molecule has 0 radical (unpaired) electrons. The SMILES string of the molecule is C[C@@H]1N[C@]2(C(=O)Nc3ccccc32)[C@H]([N+](=O)[O-])[C@H]1c1ccc(OCc2ccccc2C#N)c(Cl)c1. The summed E-state index contributed by atoms with van der Waals surface area (Å²) in [5.41, 5.74) is 1.54. The minimum absolute atomic E-state index is 0.155. The fourth-order valence-electron chi connectivity index (χ4n) is 5.31. The Bertz CT molecular complexity index is 1390. The molecule has 2 N–H and O–H groups in total. The number of nitrogens with zero attached hydrogens (tertiary/aromatic N) is 2. The molecule has 0 aliphatic carbocycles. The fraction of sp³-hybridized carbons (Fsp3) is 0.231. The predicted molar refractivity (Wildman–Crippen MR) is 130 cm³/mol. The Hall–Kier alpha value is -3.93. The summed E-state index contributed by atoms with van der Waals surface area (Å²) in [5, 5.41) is 28.0. The molecule has 1 amide bonds. The molecule has 1 fully saturated rings. The van der Waals surface area contributed by atoms with Gasteiger partial charge in [0.15, 0.2) is 5.54 Å². The van der Waals surface area contributed by atoms with Gasteiger partial charge in [0.1, 0.15) is 12.4 Å². The van der Waals surface area contributed by atoms with E-state index < -0.39 is 23.4 Å². The van der Waals surface area contributed by atoms with Crippen molar-refractivity contribution in [1.29, 1.82) is 5.26 Å². The quantitative estimate of drug-likeness (QED) is 0.407. The molecule has 5 rings (SSSR count). The average molecular weight is 489 g/mol. The third-order valence-corrected chi connectivity index (χ3v) is 7.12. The summed E-state index contributed by atoms with van der Waals surface area (Å²) in [6, 6.07) is 19.7. The first kappa shape index (κ1) is 22.8. The van der Waals surface area contributed by atoms with Crippen LogP contribution < -0.4 is 15.4 Å². The molecular formula is C26H21ClN4O4. The predicted octanol–water partition coefficient (Wildman–Crippen LogP) is 4.36. The van der Waals surface area contributed by atoms with E-state index in [2.05, 4.69) is 16.7 Å². The molecule has 3 aromatic rings. The minimum atomic E-state index is -1.48. The van der Waals surface area contributed by atoms with Crippen LogP contribution in [-0.2, 0) is 16.9 Å². The highest BCUT2D eigenvalue weighted by Crippen LogP contribution is 2.50. The zero-order valence-electron chi connectivity index (χ0n) is 18.7. The molecule has 2 heterocycles. The number of anilines is 1. The van der Waals surface area contributed by atoms with E-state index in [1.165, 1.54) is 0 Å². The Balaban J connectivity index is 1.47.